The van der Waals surface area contributed by atoms with Crippen LogP contribution in [0.1, 0.15) is 32.8 Å². The Bertz CT molecular complexity index is 757. The van der Waals surface area contributed by atoms with Crippen molar-refractivity contribution >= 4 is 23.0 Å². The second kappa shape index (κ2) is 9.99. The number of benzene rings is 2. The Morgan fingerprint density at radius 2 is 1.79 bits per heavy atom. The molecule has 0 atom stereocenters. The van der Waals surface area contributed by atoms with E-state index in [1.54, 1.807) is 0 Å². The summed E-state index contributed by atoms with van der Waals surface area (Å²) in [6, 6.07) is 16.0. The first-order valence-corrected chi connectivity index (χ1v) is 9.63. The zero-order chi connectivity index (χ0) is 20.6. The van der Waals surface area contributed by atoms with Crippen LogP contribution < -0.4 is 21.7 Å². The van der Waals surface area contributed by atoms with Gasteiger partial charge < -0.3 is 26.4 Å². The van der Waals surface area contributed by atoms with Crippen molar-refractivity contribution in [2.45, 2.75) is 39.3 Å². The highest BCUT2D eigenvalue weighted by atomic mass is 16.6. The summed E-state index contributed by atoms with van der Waals surface area (Å²) in [6.07, 6.45) is 0.276. The molecule has 152 valence electrons. The van der Waals surface area contributed by atoms with E-state index < -0.39 is 5.60 Å². The lowest BCUT2D eigenvalue weighted by Crippen LogP contribution is -2.33. The van der Waals surface area contributed by atoms with Gasteiger partial charge in [-0.3, -0.25) is 4.79 Å². The fourth-order valence-electron chi connectivity index (χ4n) is 2.90. The van der Waals surface area contributed by atoms with Gasteiger partial charge in [-0.15, -0.1) is 0 Å². The van der Waals surface area contributed by atoms with Gasteiger partial charge in [0, 0.05) is 26.2 Å². The molecule has 28 heavy (non-hydrogen) atoms. The number of hydrogen-bond donors (Lipinski definition) is 3. The molecule has 0 aromatic heterocycles. The molecule has 0 aliphatic carbocycles. The summed E-state index contributed by atoms with van der Waals surface area (Å²) in [7, 11) is 0. The second-order valence-electron chi connectivity index (χ2n) is 7.69. The smallest absolute Gasteiger partial charge is 0.308 e. The number of nitrogens with two attached hydrogens (primary N) is 2. The lowest BCUT2D eigenvalue weighted by Gasteiger charge is -2.27. The molecule has 6 nitrogen and oxygen atoms in total. The number of anilines is 3. The second-order valence-corrected chi connectivity index (χ2v) is 7.69. The molecule has 2 aromatic carbocycles. The van der Waals surface area contributed by atoms with Crippen LogP contribution in [0.25, 0.3) is 0 Å². The summed E-state index contributed by atoms with van der Waals surface area (Å²) in [5.74, 6) is -0.230. The van der Waals surface area contributed by atoms with E-state index in [4.69, 9.17) is 16.2 Å². The number of hydrogen-bond acceptors (Lipinski definition) is 6. The Kier molecular flexibility index (Phi) is 7.70. The number of nitrogens with zero attached hydrogens (tertiary/aromatic N) is 1. The van der Waals surface area contributed by atoms with E-state index in [2.05, 4.69) is 17.4 Å². The number of para-hydroxylation sites is 1. The van der Waals surface area contributed by atoms with Crippen molar-refractivity contribution in [1.82, 2.24) is 0 Å². The number of nitrogen functional groups attached to an aromatic ring is 1. The largest absolute Gasteiger partial charge is 0.460 e. The lowest BCUT2D eigenvalue weighted by molar-refractivity contribution is -0.154. The summed E-state index contributed by atoms with van der Waals surface area (Å²) in [4.78, 5) is 14.1. The molecule has 0 saturated carbocycles. The van der Waals surface area contributed by atoms with Gasteiger partial charge in [-0.1, -0.05) is 36.4 Å². The number of carbonyl (C=O) groups is 1. The summed E-state index contributed by atoms with van der Waals surface area (Å²) in [6.45, 7) is 7.85. The number of rotatable bonds is 9. The Hall–Kier alpha value is -2.73. The molecule has 5 N–H and O–H groups in total. The van der Waals surface area contributed by atoms with Gasteiger partial charge in [-0.2, -0.15) is 0 Å². The monoisotopic (exact) mass is 384 g/mol. The maximum absolute atomic E-state index is 12.1. The average Bonchev–Trinajstić information content (AvgIpc) is 2.64. The third-order valence-electron chi connectivity index (χ3n) is 4.15. The maximum atomic E-state index is 12.1. The molecular formula is C22H32N4O2. The van der Waals surface area contributed by atoms with E-state index in [9.17, 15) is 4.79 Å². The van der Waals surface area contributed by atoms with Gasteiger partial charge in [-0.05, 0) is 38.5 Å². The number of nitrogens with one attached hydrogen (secondary N) is 1. The van der Waals surface area contributed by atoms with Crippen molar-refractivity contribution in [1.29, 1.82) is 0 Å². The first-order chi connectivity index (χ1) is 13.3. The Morgan fingerprint density at radius 3 is 2.43 bits per heavy atom. The van der Waals surface area contributed by atoms with Crippen LogP contribution in [-0.4, -0.2) is 31.2 Å². The first kappa shape index (κ1) is 21.6. The van der Waals surface area contributed by atoms with Gasteiger partial charge in [0.25, 0.3) is 0 Å². The predicted molar refractivity (Wildman–Crippen MR) is 116 cm³/mol. The van der Waals surface area contributed by atoms with Crippen molar-refractivity contribution in [2.75, 3.05) is 35.6 Å². The topological polar surface area (TPSA) is 93.6 Å². The van der Waals surface area contributed by atoms with E-state index in [0.717, 1.165) is 11.4 Å². The molecule has 0 bridgehead atoms. The quantitative estimate of drug-likeness (QED) is 0.453. The van der Waals surface area contributed by atoms with Crippen molar-refractivity contribution in [3.8, 4) is 0 Å². The van der Waals surface area contributed by atoms with Crippen LogP contribution in [-0.2, 0) is 16.1 Å². The van der Waals surface area contributed by atoms with E-state index in [0.29, 0.717) is 31.9 Å². The van der Waals surface area contributed by atoms with Gasteiger partial charge in [-0.25, -0.2) is 0 Å². The van der Waals surface area contributed by atoms with E-state index in [-0.39, 0.29) is 12.4 Å². The number of carbonyl (C=O) groups excluding carboxylic acids is 1. The summed E-state index contributed by atoms with van der Waals surface area (Å²) < 4.78 is 5.40. The molecule has 0 radical (unpaired) electrons. The average molecular weight is 385 g/mol. The Morgan fingerprint density at radius 1 is 1.07 bits per heavy atom. The Labute approximate surface area is 167 Å². The van der Waals surface area contributed by atoms with Crippen LogP contribution in [0.15, 0.2) is 48.5 Å². The van der Waals surface area contributed by atoms with Crippen LogP contribution in [0, 0.1) is 0 Å². The molecule has 0 aliphatic heterocycles. The van der Waals surface area contributed by atoms with Crippen molar-refractivity contribution < 1.29 is 9.53 Å². The van der Waals surface area contributed by atoms with Crippen LogP contribution in [0.2, 0.25) is 0 Å². The first-order valence-electron chi connectivity index (χ1n) is 9.63. The van der Waals surface area contributed by atoms with Crippen molar-refractivity contribution in [2.24, 2.45) is 5.73 Å². The molecule has 0 aliphatic rings. The molecule has 0 spiro atoms. The normalized spacial score (nSPS) is 11.1. The summed E-state index contributed by atoms with van der Waals surface area (Å²) >= 11 is 0. The van der Waals surface area contributed by atoms with Gasteiger partial charge in [0.2, 0.25) is 0 Å². The van der Waals surface area contributed by atoms with Crippen LogP contribution in [0.4, 0.5) is 17.1 Å². The van der Waals surface area contributed by atoms with Gasteiger partial charge in [0.1, 0.15) is 5.60 Å². The van der Waals surface area contributed by atoms with Crippen LogP contribution in [0.5, 0.6) is 0 Å². The zero-order valence-electron chi connectivity index (χ0n) is 17.1. The minimum atomic E-state index is -0.490. The highest BCUT2D eigenvalue weighted by molar-refractivity contribution is 5.81. The van der Waals surface area contributed by atoms with Crippen LogP contribution in [0.3, 0.4) is 0 Å². The highest BCUT2D eigenvalue weighted by Gasteiger charge is 2.18. The molecule has 0 unspecified atom stereocenters. The molecule has 2 rings (SSSR count). The molecule has 0 heterocycles. The SMILES string of the molecule is CC(C)(C)OC(=O)CCN(CCN)c1cccc(NCc2ccccc2)c1N. The van der Waals surface area contributed by atoms with E-state index in [1.807, 2.05) is 62.1 Å². The fraction of sp³-hybridized carbons (Fsp3) is 0.409. The predicted octanol–water partition coefficient (Wildman–Crippen LogP) is 3.38. The van der Waals surface area contributed by atoms with Gasteiger partial charge >= 0.3 is 5.97 Å². The molecule has 2 aromatic rings. The fourth-order valence-corrected chi connectivity index (χ4v) is 2.90. The summed E-state index contributed by atoms with van der Waals surface area (Å²) in [5.41, 5.74) is 15.3. The highest BCUT2D eigenvalue weighted by Crippen LogP contribution is 2.31. The maximum Gasteiger partial charge on any atom is 0.308 e. The number of esters is 1. The van der Waals surface area contributed by atoms with Crippen molar-refractivity contribution in [3.63, 3.8) is 0 Å². The molecular weight excluding hydrogens is 352 g/mol. The third-order valence-corrected chi connectivity index (χ3v) is 4.15. The minimum Gasteiger partial charge on any atom is -0.460 e. The standard InChI is InChI=1S/C22H32N4O2/c1-22(2,3)28-20(27)12-14-26(15-13-23)19-11-7-10-18(21(19)24)25-16-17-8-5-4-6-9-17/h4-11,25H,12-16,23-24H2,1-3H3. The summed E-state index contributed by atoms with van der Waals surface area (Å²) in [5, 5.41) is 3.39. The van der Waals surface area contributed by atoms with Crippen LogP contribution >= 0.6 is 0 Å². The third kappa shape index (κ3) is 6.78. The lowest BCUT2D eigenvalue weighted by atomic mass is 10.1. The molecule has 0 amide bonds. The van der Waals surface area contributed by atoms with E-state index in [1.165, 1.54) is 5.56 Å². The zero-order valence-corrected chi connectivity index (χ0v) is 17.1. The Balaban J connectivity index is 2.08. The molecule has 0 saturated heterocycles. The van der Waals surface area contributed by atoms with Crippen molar-refractivity contribution in [3.05, 3.63) is 54.1 Å². The number of ether oxygens (including phenoxy) is 1. The van der Waals surface area contributed by atoms with E-state index >= 15 is 0 Å². The van der Waals surface area contributed by atoms with Gasteiger partial charge in [0.15, 0.2) is 0 Å². The molecule has 6 heteroatoms. The molecule has 0 fully saturated rings. The minimum absolute atomic E-state index is 0.230. The van der Waals surface area contributed by atoms with Gasteiger partial charge in [0.05, 0.1) is 23.5 Å².